The van der Waals surface area contributed by atoms with E-state index in [2.05, 4.69) is 15.6 Å². The molecule has 1 aromatic carbocycles. The van der Waals surface area contributed by atoms with Crippen molar-refractivity contribution >= 4 is 35.8 Å². The molecule has 1 aliphatic rings. The normalized spacial score (nSPS) is 14.4. The number of ether oxygens (including phenoxy) is 1. The number of hydrogen-bond donors (Lipinski definition) is 3. The molecule has 0 atom stereocenters. The first-order chi connectivity index (χ1) is 10.7. The Bertz CT molecular complexity index is 515. The lowest BCUT2D eigenvalue weighted by Crippen LogP contribution is -2.38. The highest BCUT2D eigenvalue weighted by Gasteiger charge is 2.16. The molecule has 6 nitrogen and oxygen atoms in total. The standard InChI is InChI=1S/C16H24N4O2.HI/c1-22-14-7-5-13(6-8-14)15(21)18-9-10-19-16(17)20-11-12-3-2-4-12;/h5-8,12H,2-4,9-11H2,1H3,(H,18,21)(H3,17,19,20);1H. The molecule has 128 valence electrons. The van der Waals surface area contributed by atoms with E-state index >= 15 is 0 Å². The van der Waals surface area contributed by atoms with Crippen molar-refractivity contribution in [3.8, 4) is 5.75 Å². The molecule has 0 heterocycles. The summed E-state index contributed by atoms with van der Waals surface area (Å²) in [6, 6.07) is 6.99. The number of methoxy groups -OCH3 is 1. The Morgan fingerprint density at radius 1 is 1.26 bits per heavy atom. The number of nitrogens with one attached hydrogen (secondary N) is 2. The number of guanidine groups is 1. The number of nitrogens with two attached hydrogens (primary N) is 1. The molecule has 1 saturated carbocycles. The van der Waals surface area contributed by atoms with Crippen molar-refractivity contribution in [2.24, 2.45) is 16.6 Å². The summed E-state index contributed by atoms with van der Waals surface area (Å²) in [6.45, 7) is 1.85. The number of carbonyl (C=O) groups excluding carboxylic acids is 1. The minimum Gasteiger partial charge on any atom is -0.497 e. The van der Waals surface area contributed by atoms with Gasteiger partial charge in [0.2, 0.25) is 0 Å². The van der Waals surface area contributed by atoms with Crippen LogP contribution in [0.2, 0.25) is 0 Å². The topological polar surface area (TPSA) is 88.7 Å². The first-order valence-electron chi connectivity index (χ1n) is 7.65. The van der Waals surface area contributed by atoms with Crippen molar-refractivity contribution in [3.63, 3.8) is 0 Å². The molecule has 0 unspecified atom stereocenters. The summed E-state index contributed by atoms with van der Waals surface area (Å²) in [6.07, 6.45) is 3.83. The van der Waals surface area contributed by atoms with Gasteiger partial charge in [-0.15, -0.1) is 24.0 Å². The second kappa shape index (κ2) is 10.3. The van der Waals surface area contributed by atoms with Crippen molar-refractivity contribution in [1.82, 2.24) is 10.6 Å². The summed E-state index contributed by atoms with van der Waals surface area (Å²) < 4.78 is 5.06. The lowest BCUT2D eigenvalue weighted by molar-refractivity contribution is 0.0954. The van der Waals surface area contributed by atoms with E-state index in [0.717, 1.165) is 12.3 Å². The maximum Gasteiger partial charge on any atom is 0.251 e. The molecular formula is C16H25IN4O2. The van der Waals surface area contributed by atoms with Gasteiger partial charge in [-0.3, -0.25) is 9.79 Å². The SMILES string of the molecule is COc1ccc(C(=O)NCCNC(N)=NCC2CCC2)cc1.I. The van der Waals surface area contributed by atoms with Crippen LogP contribution in [0.25, 0.3) is 0 Å². The Morgan fingerprint density at radius 3 is 2.48 bits per heavy atom. The number of hydrogen-bond acceptors (Lipinski definition) is 3. The van der Waals surface area contributed by atoms with Crippen LogP contribution in [-0.4, -0.2) is 38.6 Å². The molecule has 1 aromatic rings. The number of carbonyl (C=O) groups is 1. The predicted molar refractivity (Wildman–Crippen MR) is 103 cm³/mol. The zero-order chi connectivity index (χ0) is 15.8. The van der Waals surface area contributed by atoms with Crippen LogP contribution in [0.1, 0.15) is 29.6 Å². The summed E-state index contributed by atoms with van der Waals surface area (Å²) >= 11 is 0. The molecule has 0 radical (unpaired) electrons. The average molecular weight is 432 g/mol. The van der Waals surface area contributed by atoms with Crippen LogP contribution in [0.4, 0.5) is 0 Å². The van der Waals surface area contributed by atoms with E-state index in [4.69, 9.17) is 10.5 Å². The third-order valence-corrected chi connectivity index (χ3v) is 3.81. The van der Waals surface area contributed by atoms with Gasteiger partial charge in [-0.05, 0) is 43.0 Å². The van der Waals surface area contributed by atoms with Crippen LogP contribution < -0.4 is 21.1 Å². The Labute approximate surface area is 154 Å². The van der Waals surface area contributed by atoms with Gasteiger partial charge in [0.15, 0.2) is 5.96 Å². The summed E-state index contributed by atoms with van der Waals surface area (Å²) in [5.41, 5.74) is 6.38. The maximum absolute atomic E-state index is 11.9. The van der Waals surface area contributed by atoms with Crippen LogP contribution in [0, 0.1) is 5.92 Å². The first kappa shape index (κ1) is 19.5. The lowest BCUT2D eigenvalue weighted by Gasteiger charge is -2.23. The molecular weight excluding hydrogens is 407 g/mol. The van der Waals surface area contributed by atoms with Crippen molar-refractivity contribution < 1.29 is 9.53 Å². The van der Waals surface area contributed by atoms with Gasteiger partial charge in [0.25, 0.3) is 5.91 Å². The average Bonchev–Trinajstić information content (AvgIpc) is 2.50. The Balaban J connectivity index is 0.00000264. The van der Waals surface area contributed by atoms with Crippen LogP contribution >= 0.6 is 24.0 Å². The maximum atomic E-state index is 11.9. The number of aliphatic imine (C=N–C) groups is 1. The molecule has 2 rings (SSSR count). The zero-order valence-electron chi connectivity index (χ0n) is 13.4. The van der Waals surface area contributed by atoms with Gasteiger partial charge in [-0.1, -0.05) is 6.42 Å². The van der Waals surface area contributed by atoms with E-state index in [1.807, 2.05) is 0 Å². The van der Waals surface area contributed by atoms with Gasteiger partial charge in [0.05, 0.1) is 7.11 Å². The molecule has 1 aliphatic carbocycles. The van der Waals surface area contributed by atoms with Gasteiger partial charge in [-0.2, -0.15) is 0 Å². The van der Waals surface area contributed by atoms with E-state index in [-0.39, 0.29) is 29.9 Å². The third-order valence-electron chi connectivity index (χ3n) is 3.81. The van der Waals surface area contributed by atoms with Crippen LogP contribution in [0.15, 0.2) is 29.3 Å². The molecule has 0 spiro atoms. The second-order valence-electron chi connectivity index (χ2n) is 5.43. The summed E-state index contributed by atoms with van der Waals surface area (Å²) in [5.74, 6) is 1.77. The van der Waals surface area contributed by atoms with E-state index in [9.17, 15) is 4.79 Å². The van der Waals surface area contributed by atoms with Crippen LogP contribution in [-0.2, 0) is 0 Å². The monoisotopic (exact) mass is 432 g/mol. The first-order valence-corrected chi connectivity index (χ1v) is 7.65. The quantitative estimate of drug-likeness (QED) is 0.265. The van der Waals surface area contributed by atoms with E-state index < -0.39 is 0 Å². The van der Waals surface area contributed by atoms with Gasteiger partial charge in [-0.25, -0.2) is 0 Å². The highest BCUT2D eigenvalue weighted by atomic mass is 127. The van der Waals surface area contributed by atoms with Crippen molar-refractivity contribution in [2.75, 3.05) is 26.7 Å². The molecule has 1 amide bonds. The fraction of sp³-hybridized carbons (Fsp3) is 0.500. The van der Waals surface area contributed by atoms with Gasteiger partial charge in [0, 0.05) is 25.2 Å². The summed E-state index contributed by atoms with van der Waals surface area (Å²) in [5, 5.41) is 5.83. The largest absolute Gasteiger partial charge is 0.497 e. The third kappa shape index (κ3) is 6.64. The van der Waals surface area contributed by atoms with Gasteiger partial charge >= 0.3 is 0 Å². The fourth-order valence-corrected chi connectivity index (χ4v) is 2.17. The highest BCUT2D eigenvalue weighted by molar-refractivity contribution is 14.0. The van der Waals surface area contributed by atoms with Crippen LogP contribution in [0.3, 0.4) is 0 Å². The highest BCUT2D eigenvalue weighted by Crippen LogP contribution is 2.26. The second-order valence-corrected chi connectivity index (χ2v) is 5.43. The number of rotatable bonds is 7. The minimum absolute atomic E-state index is 0. The Hall–Kier alpha value is -1.51. The molecule has 0 saturated heterocycles. The van der Waals surface area contributed by atoms with E-state index in [1.165, 1.54) is 19.3 Å². The van der Waals surface area contributed by atoms with E-state index in [1.54, 1.807) is 31.4 Å². The molecule has 23 heavy (non-hydrogen) atoms. The molecule has 4 N–H and O–H groups in total. The molecule has 1 fully saturated rings. The summed E-state index contributed by atoms with van der Waals surface area (Å²) in [4.78, 5) is 16.2. The molecule has 0 aliphatic heterocycles. The summed E-state index contributed by atoms with van der Waals surface area (Å²) in [7, 11) is 1.59. The Morgan fingerprint density at radius 2 is 1.91 bits per heavy atom. The van der Waals surface area contributed by atoms with Crippen molar-refractivity contribution in [2.45, 2.75) is 19.3 Å². The minimum atomic E-state index is -0.116. The van der Waals surface area contributed by atoms with Crippen molar-refractivity contribution in [3.05, 3.63) is 29.8 Å². The number of benzene rings is 1. The predicted octanol–water partition coefficient (Wildman–Crippen LogP) is 1.75. The lowest BCUT2D eigenvalue weighted by atomic mass is 9.86. The fourth-order valence-electron chi connectivity index (χ4n) is 2.17. The number of nitrogens with zero attached hydrogens (tertiary/aromatic N) is 1. The molecule has 0 bridgehead atoms. The Kier molecular flexibility index (Phi) is 8.75. The van der Waals surface area contributed by atoms with Crippen LogP contribution in [0.5, 0.6) is 5.75 Å². The van der Waals surface area contributed by atoms with Gasteiger partial charge in [0.1, 0.15) is 5.75 Å². The molecule has 7 heteroatoms. The van der Waals surface area contributed by atoms with Gasteiger partial charge < -0.3 is 21.1 Å². The van der Waals surface area contributed by atoms with Crippen molar-refractivity contribution in [1.29, 1.82) is 0 Å². The zero-order valence-corrected chi connectivity index (χ0v) is 15.7. The van der Waals surface area contributed by atoms with E-state index in [0.29, 0.717) is 30.5 Å². The smallest absolute Gasteiger partial charge is 0.251 e. The number of halogens is 1. The number of amides is 1. The molecule has 0 aromatic heterocycles.